The predicted octanol–water partition coefficient (Wildman–Crippen LogP) is 5.13. The Kier molecular flexibility index (Phi) is 6.90. The van der Waals surface area contributed by atoms with Gasteiger partial charge in [0.05, 0.1) is 0 Å². The zero-order chi connectivity index (χ0) is 25.4. The van der Waals surface area contributed by atoms with Crippen molar-refractivity contribution in [2.45, 2.75) is 74.7 Å². The van der Waals surface area contributed by atoms with Crippen LogP contribution in [0.4, 0.5) is 10.6 Å². The van der Waals surface area contributed by atoms with E-state index >= 15 is 0 Å². The van der Waals surface area contributed by atoms with Crippen LogP contribution in [-0.2, 0) is 11.3 Å². The number of ether oxygens (including phenoxy) is 3. The summed E-state index contributed by atoms with van der Waals surface area (Å²) in [6, 6.07) is 3.81. The summed E-state index contributed by atoms with van der Waals surface area (Å²) in [5, 5.41) is 3.83. The van der Waals surface area contributed by atoms with Crippen LogP contribution in [0, 0.1) is 5.92 Å². The lowest BCUT2D eigenvalue weighted by atomic mass is 9.78. The number of aromatic nitrogens is 4. The molecule has 3 heterocycles. The van der Waals surface area contributed by atoms with Gasteiger partial charge in [-0.1, -0.05) is 18.2 Å². The van der Waals surface area contributed by atoms with Crippen molar-refractivity contribution in [3.63, 3.8) is 0 Å². The molecule has 10 nitrogen and oxygen atoms in total. The molecule has 192 valence electrons. The maximum absolute atomic E-state index is 12.5. The van der Waals surface area contributed by atoms with Crippen LogP contribution >= 0.6 is 27.7 Å². The Bertz CT molecular complexity index is 1290. The lowest BCUT2D eigenvalue weighted by Crippen LogP contribution is -2.45. The number of halogens is 1. The molecule has 3 N–H and O–H groups in total. The highest BCUT2D eigenvalue weighted by Crippen LogP contribution is 2.43. The summed E-state index contributed by atoms with van der Waals surface area (Å²) in [7, 11) is 0. The molecule has 1 amide bonds. The average molecular weight is 578 g/mol. The molecule has 5 rings (SSSR count). The molecule has 2 aliphatic rings. The predicted molar refractivity (Wildman–Crippen MR) is 139 cm³/mol. The fourth-order valence-electron chi connectivity index (χ4n) is 4.28. The minimum absolute atomic E-state index is 0.0136. The number of rotatable bonds is 7. The summed E-state index contributed by atoms with van der Waals surface area (Å²) in [6.45, 7) is 6.39. The molecule has 1 aliphatic carbocycles. The highest BCUT2D eigenvalue weighted by molar-refractivity contribution is 9.10. The van der Waals surface area contributed by atoms with Crippen molar-refractivity contribution in [2.75, 3.05) is 12.5 Å². The summed E-state index contributed by atoms with van der Waals surface area (Å²) < 4.78 is 19.5. The van der Waals surface area contributed by atoms with Gasteiger partial charge in [0.2, 0.25) is 6.79 Å². The first-order valence-corrected chi connectivity index (χ1v) is 13.5. The summed E-state index contributed by atoms with van der Waals surface area (Å²) in [5.41, 5.74) is 6.80. The zero-order valence-corrected chi connectivity index (χ0v) is 22.8. The second-order valence-corrected chi connectivity index (χ2v) is 11.8. The van der Waals surface area contributed by atoms with Gasteiger partial charge >= 0.3 is 6.09 Å². The van der Waals surface area contributed by atoms with Gasteiger partial charge < -0.3 is 29.8 Å². The molecule has 0 spiro atoms. The number of carbonyl (C=O) groups excluding carboxylic acids is 1. The Morgan fingerprint density at radius 2 is 2.06 bits per heavy atom. The largest absolute Gasteiger partial charge is 0.454 e. The van der Waals surface area contributed by atoms with E-state index in [1.165, 1.54) is 24.5 Å². The van der Waals surface area contributed by atoms with Gasteiger partial charge in [-0.15, -0.1) is 0 Å². The molecule has 3 aromatic rings. The smallest absolute Gasteiger partial charge is 0.407 e. The SMILES string of the molecule is CC(C)(C)OC(=O)NC(CCn1c(Sc2cc3c(cc2Br)OCO3)nc2c(N)ncnc21)C1CCC1. The number of fused-ring (bicyclic) bond motifs is 2. The Labute approximate surface area is 221 Å². The number of hydrogen-bond acceptors (Lipinski definition) is 9. The number of nitrogen functional groups attached to an aromatic ring is 1. The van der Waals surface area contributed by atoms with E-state index in [1.54, 1.807) is 0 Å². The average Bonchev–Trinajstić information content (AvgIpc) is 3.34. The van der Waals surface area contributed by atoms with Crippen molar-refractivity contribution in [1.29, 1.82) is 0 Å². The Balaban J connectivity index is 1.41. The van der Waals surface area contributed by atoms with Gasteiger partial charge in [0, 0.05) is 22.0 Å². The van der Waals surface area contributed by atoms with Gasteiger partial charge in [0.1, 0.15) is 11.9 Å². The van der Waals surface area contributed by atoms with Gasteiger partial charge in [-0.25, -0.2) is 19.7 Å². The van der Waals surface area contributed by atoms with Gasteiger partial charge in [-0.2, -0.15) is 0 Å². The third-order valence-electron chi connectivity index (χ3n) is 6.24. The quantitative estimate of drug-likeness (QED) is 0.393. The van der Waals surface area contributed by atoms with Crippen LogP contribution in [0.2, 0.25) is 0 Å². The Morgan fingerprint density at radius 1 is 1.31 bits per heavy atom. The molecule has 1 aromatic carbocycles. The van der Waals surface area contributed by atoms with Crippen LogP contribution in [0.25, 0.3) is 11.2 Å². The number of benzene rings is 1. The first kappa shape index (κ1) is 24.9. The standard InChI is InChI=1S/C24H29BrN6O4S/c1-24(2,3)35-23(32)29-15(13-5-4-6-13)7-8-31-21-19(20(26)27-11-28-21)30-22(31)36-18-10-17-16(9-14(18)25)33-12-34-17/h9-11,13,15H,4-8,12H2,1-3H3,(H,29,32)(H2,26,27,28). The van der Waals surface area contributed by atoms with E-state index in [0.717, 1.165) is 27.4 Å². The summed E-state index contributed by atoms with van der Waals surface area (Å²) in [4.78, 5) is 26.8. The van der Waals surface area contributed by atoms with E-state index in [-0.39, 0.29) is 18.9 Å². The lowest BCUT2D eigenvalue weighted by molar-refractivity contribution is 0.0458. The lowest BCUT2D eigenvalue weighted by Gasteiger charge is -2.35. The second-order valence-electron chi connectivity index (χ2n) is 9.95. The van der Waals surface area contributed by atoms with E-state index < -0.39 is 5.60 Å². The van der Waals surface area contributed by atoms with Crippen molar-refractivity contribution < 1.29 is 19.0 Å². The topological polar surface area (TPSA) is 126 Å². The van der Waals surface area contributed by atoms with E-state index in [2.05, 4.69) is 31.2 Å². The highest BCUT2D eigenvalue weighted by Gasteiger charge is 2.30. The number of nitrogens with zero attached hydrogens (tertiary/aromatic N) is 4. The zero-order valence-electron chi connectivity index (χ0n) is 20.4. The third kappa shape index (κ3) is 5.34. The van der Waals surface area contributed by atoms with Gasteiger partial charge in [-0.3, -0.25) is 0 Å². The molecular weight excluding hydrogens is 548 g/mol. The maximum atomic E-state index is 12.5. The first-order chi connectivity index (χ1) is 17.2. The second kappa shape index (κ2) is 9.97. The van der Waals surface area contributed by atoms with Crippen molar-refractivity contribution in [3.05, 3.63) is 22.9 Å². The monoisotopic (exact) mass is 576 g/mol. The van der Waals surface area contributed by atoms with Crippen LogP contribution in [0.3, 0.4) is 0 Å². The van der Waals surface area contributed by atoms with Crippen LogP contribution < -0.4 is 20.5 Å². The van der Waals surface area contributed by atoms with Gasteiger partial charge in [0.15, 0.2) is 33.6 Å². The molecule has 1 saturated carbocycles. The van der Waals surface area contributed by atoms with Gasteiger partial charge in [0.25, 0.3) is 0 Å². The molecule has 1 aliphatic heterocycles. The molecule has 12 heteroatoms. The molecule has 0 bridgehead atoms. The summed E-state index contributed by atoms with van der Waals surface area (Å²) in [5.74, 6) is 2.14. The molecule has 36 heavy (non-hydrogen) atoms. The molecule has 0 saturated heterocycles. The van der Waals surface area contributed by atoms with Crippen molar-refractivity contribution in [2.24, 2.45) is 5.92 Å². The van der Waals surface area contributed by atoms with E-state index in [4.69, 9.17) is 24.9 Å². The minimum atomic E-state index is -0.551. The number of imidazole rings is 1. The Hall–Kier alpha value is -2.73. The molecule has 1 unspecified atom stereocenters. The van der Waals surface area contributed by atoms with E-state index in [0.29, 0.717) is 47.4 Å². The summed E-state index contributed by atoms with van der Waals surface area (Å²) in [6.07, 6.45) is 5.12. The number of hydrogen-bond donors (Lipinski definition) is 2. The van der Waals surface area contributed by atoms with Crippen LogP contribution in [0.5, 0.6) is 11.5 Å². The normalized spacial score (nSPS) is 16.1. The van der Waals surface area contributed by atoms with E-state index in [9.17, 15) is 4.79 Å². The van der Waals surface area contributed by atoms with E-state index in [1.807, 2.05) is 37.5 Å². The summed E-state index contributed by atoms with van der Waals surface area (Å²) >= 11 is 5.11. The number of anilines is 1. The number of nitrogens with two attached hydrogens (primary N) is 1. The maximum Gasteiger partial charge on any atom is 0.407 e. The van der Waals surface area contributed by atoms with Crippen LogP contribution in [0.15, 0.2) is 33.0 Å². The van der Waals surface area contributed by atoms with Crippen molar-refractivity contribution >= 4 is 50.8 Å². The molecular formula is C24H29BrN6O4S. The molecule has 2 aromatic heterocycles. The van der Waals surface area contributed by atoms with Crippen LogP contribution in [0.1, 0.15) is 46.5 Å². The fourth-order valence-corrected chi connectivity index (χ4v) is 5.79. The number of carbonyl (C=O) groups is 1. The number of nitrogens with one attached hydrogen (secondary N) is 1. The van der Waals surface area contributed by atoms with Crippen molar-refractivity contribution in [1.82, 2.24) is 24.8 Å². The van der Waals surface area contributed by atoms with Crippen LogP contribution in [-0.4, -0.2) is 44.0 Å². The number of amides is 1. The number of alkyl carbamates (subject to hydrolysis) is 1. The van der Waals surface area contributed by atoms with Gasteiger partial charge in [-0.05, 0) is 74.0 Å². The first-order valence-electron chi connectivity index (χ1n) is 11.9. The number of aryl methyl sites for hydroxylation is 1. The minimum Gasteiger partial charge on any atom is -0.454 e. The van der Waals surface area contributed by atoms with Crippen molar-refractivity contribution in [3.8, 4) is 11.5 Å². The molecule has 1 atom stereocenters. The Morgan fingerprint density at radius 3 is 2.75 bits per heavy atom. The fraction of sp³-hybridized carbons (Fsp3) is 0.500. The third-order valence-corrected chi connectivity index (χ3v) is 8.21. The molecule has 1 fully saturated rings. The highest BCUT2D eigenvalue weighted by atomic mass is 79.9. The molecule has 0 radical (unpaired) electrons.